The lowest BCUT2D eigenvalue weighted by atomic mass is 10.1. The second-order valence-electron chi connectivity index (χ2n) is 6.75. The standard InChI is InChI=1S/C24H24N2O3/c1-17-4-8-19(9-5-17)16-29-22-13-10-20(14-23(22)28-3)15-25-26-24(27)21-11-6-18(2)7-12-21/h4-15H,16H2,1-3H3,(H,26,27)/b25-15-. The molecule has 0 fully saturated rings. The van der Waals surface area contributed by atoms with Crippen LogP contribution >= 0.6 is 0 Å². The average molecular weight is 388 g/mol. The molecule has 3 aromatic carbocycles. The van der Waals surface area contributed by atoms with Gasteiger partial charge in [-0.05, 0) is 55.3 Å². The van der Waals surface area contributed by atoms with Crippen LogP contribution in [0, 0.1) is 13.8 Å². The molecule has 148 valence electrons. The molecule has 0 saturated carbocycles. The van der Waals surface area contributed by atoms with E-state index in [-0.39, 0.29) is 5.91 Å². The fourth-order valence-corrected chi connectivity index (χ4v) is 2.66. The van der Waals surface area contributed by atoms with E-state index in [1.807, 2.05) is 49.4 Å². The summed E-state index contributed by atoms with van der Waals surface area (Å²) in [5.41, 5.74) is 7.27. The molecule has 0 aliphatic rings. The van der Waals surface area contributed by atoms with Crippen LogP contribution in [0.15, 0.2) is 71.8 Å². The number of nitrogens with zero attached hydrogens (tertiary/aromatic N) is 1. The second-order valence-corrected chi connectivity index (χ2v) is 6.75. The molecule has 0 aliphatic heterocycles. The Hall–Kier alpha value is -3.60. The summed E-state index contributed by atoms with van der Waals surface area (Å²) >= 11 is 0. The number of methoxy groups -OCH3 is 1. The molecular weight excluding hydrogens is 364 g/mol. The summed E-state index contributed by atoms with van der Waals surface area (Å²) in [6, 6.07) is 21.0. The number of benzene rings is 3. The summed E-state index contributed by atoms with van der Waals surface area (Å²) < 4.78 is 11.3. The Morgan fingerprint density at radius 2 is 1.59 bits per heavy atom. The summed E-state index contributed by atoms with van der Waals surface area (Å²) in [6.07, 6.45) is 1.57. The Morgan fingerprint density at radius 3 is 2.24 bits per heavy atom. The van der Waals surface area contributed by atoms with E-state index in [9.17, 15) is 4.79 Å². The van der Waals surface area contributed by atoms with Crippen molar-refractivity contribution in [3.05, 3.63) is 94.5 Å². The Labute approximate surface area is 171 Å². The number of hydrazone groups is 1. The molecule has 0 atom stereocenters. The number of hydrogen-bond donors (Lipinski definition) is 1. The highest BCUT2D eigenvalue weighted by Gasteiger charge is 2.06. The number of hydrogen-bond acceptors (Lipinski definition) is 4. The lowest BCUT2D eigenvalue weighted by molar-refractivity contribution is 0.0955. The minimum absolute atomic E-state index is 0.258. The summed E-state index contributed by atoms with van der Waals surface area (Å²) in [6.45, 7) is 4.48. The lowest BCUT2D eigenvalue weighted by Crippen LogP contribution is -2.17. The minimum atomic E-state index is -0.258. The molecule has 3 aromatic rings. The number of carbonyl (C=O) groups excluding carboxylic acids is 1. The van der Waals surface area contributed by atoms with Crippen molar-refractivity contribution in [1.82, 2.24) is 5.43 Å². The van der Waals surface area contributed by atoms with Crippen LogP contribution in [0.3, 0.4) is 0 Å². The van der Waals surface area contributed by atoms with Crippen molar-refractivity contribution in [3.63, 3.8) is 0 Å². The molecule has 5 heteroatoms. The highest BCUT2D eigenvalue weighted by molar-refractivity contribution is 5.94. The maximum absolute atomic E-state index is 12.1. The largest absolute Gasteiger partial charge is 0.493 e. The first-order chi connectivity index (χ1) is 14.0. The van der Waals surface area contributed by atoms with Crippen LogP contribution in [0.2, 0.25) is 0 Å². The van der Waals surface area contributed by atoms with Gasteiger partial charge >= 0.3 is 0 Å². The fraction of sp³-hybridized carbons (Fsp3) is 0.167. The third kappa shape index (κ3) is 5.69. The summed E-state index contributed by atoms with van der Waals surface area (Å²) in [5.74, 6) is 0.992. The number of ether oxygens (including phenoxy) is 2. The van der Waals surface area contributed by atoms with E-state index in [4.69, 9.17) is 9.47 Å². The quantitative estimate of drug-likeness (QED) is 0.473. The summed E-state index contributed by atoms with van der Waals surface area (Å²) in [5, 5.41) is 4.03. The molecule has 0 radical (unpaired) electrons. The molecule has 0 unspecified atom stereocenters. The Balaban J connectivity index is 1.61. The Kier molecular flexibility index (Phi) is 6.63. The van der Waals surface area contributed by atoms with E-state index in [0.717, 1.165) is 16.7 Å². The average Bonchev–Trinajstić information content (AvgIpc) is 2.74. The third-order valence-corrected chi connectivity index (χ3v) is 4.40. The first-order valence-electron chi connectivity index (χ1n) is 9.31. The van der Waals surface area contributed by atoms with E-state index in [0.29, 0.717) is 23.7 Å². The predicted octanol–water partition coefficient (Wildman–Crippen LogP) is 4.65. The van der Waals surface area contributed by atoms with E-state index in [1.165, 1.54) is 5.56 Å². The van der Waals surface area contributed by atoms with Crippen LogP contribution in [0.25, 0.3) is 0 Å². The van der Waals surface area contributed by atoms with Gasteiger partial charge in [0.1, 0.15) is 6.61 Å². The number of carbonyl (C=O) groups is 1. The maximum Gasteiger partial charge on any atom is 0.271 e. The Bertz CT molecular complexity index is 994. The molecule has 0 saturated heterocycles. The second kappa shape index (κ2) is 9.55. The molecular formula is C24H24N2O3. The maximum atomic E-state index is 12.1. The van der Waals surface area contributed by atoms with Gasteiger partial charge in [0.05, 0.1) is 13.3 Å². The van der Waals surface area contributed by atoms with Gasteiger partial charge < -0.3 is 9.47 Å². The van der Waals surface area contributed by atoms with Crippen molar-refractivity contribution in [2.75, 3.05) is 7.11 Å². The van der Waals surface area contributed by atoms with Crippen LogP contribution in [-0.4, -0.2) is 19.2 Å². The highest BCUT2D eigenvalue weighted by atomic mass is 16.5. The zero-order chi connectivity index (χ0) is 20.6. The van der Waals surface area contributed by atoms with Gasteiger partial charge in [-0.1, -0.05) is 47.5 Å². The highest BCUT2D eigenvalue weighted by Crippen LogP contribution is 2.28. The molecule has 1 N–H and O–H groups in total. The van der Waals surface area contributed by atoms with Gasteiger partial charge in [0.15, 0.2) is 11.5 Å². The van der Waals surface area contributed by atoms with Crippen molar-refractivity contribution in [2.45, 2.75) is 20.5 Å². The van der Waals surface area contributed by atoms with E-state index in [2.05, 4.69) is 29.6 Å². The SMILES string of the molecule is COc1cc(/C=N\NC(=O)c2ccc(C)cc2)ccc1OCc1ccc(C)cc1. The zero-order valence-corrected chi connectivity index (χ0v) is 16.8. The number of rotatable bonds is 7. The normalized spacial score (nSPS) is 10.7. The van der Waals surface area contributed by atoms with E-state index in [1.54, 1.807) is 25.5 Å². The van der Waals surface area contributed by atoms with Crippen molar-refractivity contribution >= 4 is 12.1 Å². The van der Waals surface area contributed by atoms with Gasteiger partial charge in [-0.15, -0.1) is 0 Å². The number of nitrogens with one attached hydrogen (secondary N) is 1. The van der Waals surface area contributed by atoms with Crippen LogP contribution in [0.1, 0.15) is 32.6 Å². The molecule has 1 amide bonds. The smallest absolute Gasteiger partial charge is 0.271 e. The zero-order valence-electron chi connectivity index (χ0n) is 16.8. The Morgan fingerprint density at radius 1 is 0.931 bits per heavy atom. The summed E-state index contributed by atoms with van der Waals surface area (Å²) in [4.78, 5) is 12.1. The van der Waals surface area contributed by atoms with Crippen molar-refractivity contribution in [3.8, 4) is 11.5 Å². The van der Waals surface area contributed by atoms with Crippen molar-refractivity contribution < 1.29 is 14.3 Å². The predicted molar refractivity (Wildman–Crippen MR) is 115 cm³/mol. The van der Waals surface area contributed by atoms with Gasteiger partial charge in [-0.3, -0.25) is 4.79 Å². The van der Waals surface area contributed by atoms with E-state index < -0.39 is 0 Å². The number of aryl methyl sites for hydroxylation is 2. The van der Waals surface area contributed by atoms with Crippen LogP contribution in [0.5, 0.6) is 11.5 Å². The first-order valence-corrected chi connectivity index (χ1v) is 9.31. The minimum Gasteiger partial charge on any atom is -0.493 e. The molecule has 0 aliphatic carbocycles. The molecule has 5 nitrogen and oxygen atoms in total. The van der Waals surface area contributed by atoms with Crippen molar-refractivity contribution in [2.24, 2.45) is 5.10 Å². The van der Waals surface area contributed by atoms with E-state index >= 15 is 0 Å². The molecule has 0 bridgehead atoms. The topological polar surface area (TPSA) is 59.9 Å². The van der Waals surface area contributed by atoms with Gasteiger partial charge in [0.25, 0.3) is 5.91 Å². The van der Waals surface area contributed by atoms with Gasteiger partial charge in [0, 0.05) is 5.56 Å². The fourth-order valence-electron chi connectivity index (χ4n) is 2.66. The molecule has 0 aromatic heterocycles. The lowest BCUT2D eigenvalue weighted by Gasteiger charge is -2.11. The monoisotopic (exact) mass is 388 g/mol. The summed E-state index contributed by atoms with van der Waals surface area (Å²) in [7, 11) is 1.59. The van der Waals surface area contributed by atoms with Crippen LogP contribution in [-0.2, 0) is 6.61 Å². The molecule has 29 heavy (non-hydrogen) atoms. The van der Waals surface area contributed by atoms with Gasteiger partial charge in [0.2, 0.25) is 0 Å². The molecule has 0 heterocycles. The third-order valence-electron chi connectivity index (χ3n) is 4.40. The molecule has 0 spiro atoms. The van der Waals surface area contributed by atoms with Gasteiger partial charge in [-0.2, -0.15) is 5.10 Å². The number of amides is 1. The van der Waals surface area contributed by atoms with Crippen molar-refractivity contribution in [1.29, 1.82) is 0 Å². The van der Waals surface area contributed by atoms with Crippen LogP contribution in [0.4, 0.5) is 0 Å². The molecule has 3 rings (SSSR count). The first kappa shape index (κ1) is 20.1. The van der Waals surface area contributed by atoms with Crippen LogP contribution < -0.4 is 14.9 Å². The van der Waals surface area contributed by atoms with Gasteiger partial charge in [-0.25, -0.2) is 5.43 Å².